The number of aliphatic hydroxyl groups excluding tert-OH is 1. The minimum Gasteiger partial charge on any atom is -0.497 e. The van der Waals surface area contributed by atoms with Crippen LogP contribution in [-0.2, 0) is 29.3 Å². The van der Waals surface area contributed by atoms with Crippen molar-refractivity contribution in [1.82, 2.24) is 4.90 Å². The van der Waals surface area contributed by atoms with Gasteiger partial charge in [0.25, 0.3) is 0 Å². The molecule has 0 spiro atoms. The van der Waals surface area contributed by atoms with Crippen LogP contribution in [0.4, 0.5) is 0 Å². The molecule has 3 heterocycles. The Kier molecular flexibility index (Phi) is 10.9. The van der Waals surface area contributed by atoms with Crippen LogP contribution in [0.15, 0.2) is 93.8 Å². The van der Waals surface area contributed by atoms with Gasteiger partial charge in [0.05, 0.1) is 39.9 Å². The summed E-state index contributed by atoms with van der Waals surface area (Å²) in [5.41, 5.74) is 6.14. The first-order valence-electron chi connectivity index (χ1n) is 16.4. The van der Waals surface area contributed by atoms with Crippen molar-refractivity contribution in [3.8, 4) is 17.6 Å². The average Bonchev–Trinajstić information content (AvgIpc) is 3.74. The second-order valence-corrected chi connectivity index (χ2v) is 12.1. The topological polar surface area (TPSA) is 183 Å². The van der Waals surface area contributed by atoms with E-state index in [4.69, 9.17) is 39.4 Å². The first kappa shape index (κ1) is 35.8. The lowest BCUT2D eigenvalue weighted by atomic mass is 9.80. The van der Waals surface area contributed by atoms with Crippen LogP contribution in [0.2, 0.25) is 0 Å². The Morgan fingerprint density at radius 1 is 1.04 bits per heavy atom. The molecule has 0 amide bonds. The molecule has 14 nitrogen and oxygen atoms in total. The summed E-state index contributed by atoms with van der Waals surface area (Å²) in [4.78, 5) is 27.2. The predicted octanol–water partition coefficient (Wildman–Crippen LogP) is 2.77. The minimum absolute atomic E-state index is 0.0233. The first-order valence-corrected chi connectivity index (χ1v) is 16.4. The number of ether oxygens (including phenoxy) is 6. The summed E-state index contributed by atoms with van der Waals surface area (Å²) in [6, 6.07) is 27.0. The number of ketones is 1. The fourth-order valence-corrected chi connectivity index (χ4v) is 6.41. The Balaban J connectivity index is 1.35. The summed E-state index contributed by atoms with van der Waals surface area (Å²) in [6.07, 6.45) is -2.66. The molecule has 0 saturated carbocycles. The number of aliphatic hydroxyl groups is 1. The van der Waals surface area contributed by atoms with Crippen molar-refractivity contribution in [2.24, 2.45) is 20.7 Å². The number of carbonyl (C=O) groups excluding carboxylic acids is 1. The van der Waals surface area contributed by atoms with Crippen LogP contribution < -0.4 is 15.2 Å². The van der Waals surface area contributed by atoms with Gasteiger partial charge in [0.15, 0.2) is 17.8 Å². The van der Waals surface area contributed by atoms with E-state index in [0.29, 0.717) is 11.5 Å². The van der Waals surface area contributed by atoms with Gasteiger partial charge < -0.3 is 38.4 Å². The number of nitrogens with zero attached hydrogens (tertiary/aromatic N) is 5. The van der Waals surface area contributed by atoms with Gasteiger partial charge in [0.2, 0.25) is 5.66 Å². The lowest BCUT2D eigenvalue weighted by Gasteiger charge is -2.37. The van der Waals surface area contributed by atoms with Crippen LogP contribution in [0.25, 0.3) is 0 Å². The number of Topliss-reactive ketones (excluding diaryl/α,β-unsaturated/α-hetero) is 1. The summed E-state index contributed by atoms with van der Waals surface area (Å²) in [5, 5.41) is 20.8. The van der Waals surface area contributed by atoms with Crippen molar-refractivity contribution < 1.29 is 38.3 Å². The van der Waals surface area contributed by atoms with E-state index in [1.54, 1.807) is 19.1 Å². The molecule has 3 aromatic rings. The largest absolute Gasteiger partial charge is 0.497 e. The van der Waals surface area contributed by atoms with Crippen LogP contribution in [0.3, 0.4) is 0 Å². The van der Waals surface area contributed by atoms with Crippen LogP contribution >= 0.6 is 0 Å². The molecule has 5 atom stereocenters. The maximum atomic E-state index is 12.5. The summed E-state index contributed by atoms with van der Waals surface area (Å²) >= 11 is 0. The van der Waals surface area contributed by atoms with Crippen molar-refractivity contribution in [3.63, 3.8) is 0 Å². The molecule has 0 aromatic heterocycles. The van der Waals surface area contributed by atoms with Crippen LogP contribution in [0, 0.1) is 11.3 Å². The third-order valence-electron chi connectivity index (χ3n) is 9.16. The zero-order valence-electron chi connectivity index (χ0n) is 28.5. The zero-order valence-corrected chi connectivity index (χ0v) is 28.5. The first-order chi connectivity index (χ1) is 24.8. The van der Waals surface area contributed by atoms with E-state index in [9.17, 15) is 9.90 Å². The molecule has 0 bridgehead atoms. The van der Waals surface area contributed by atoms with Crippen LogP contribution in [0.5, 0.6) is 11.5 Å². The molecule has 266 valence electrons. The number of nitrogens with two attached hydrogens (primary N) is 1. The summed E-state index contributed by atoms with van der Waals surface area (Å²) in [6.45, 7) is 1.20. The Hall–Kier alpha value is -5.01. The normalized spacial score (nSPS) is 24.0. The number of aliphatic imine (C=N–C) groups is 3. The van der Waals surface area contributed by atoms with Gasteiger partial charge in [-0.3, -0.25) is 15.5 Å². The van der Waals surface area contributed by atoms with Gasteiger partial charge in [-0.1, -0.05) is 54.6 Å². The SMILES string of the molecule is COc1ccc(C(OC[C@H]2O[C@@H](N3CN=C4C3=NC=NC4(N)C(C)=O)[C@H](OCOCCC#N)[C@@H]2O)(c2ccccc2)c2ccc(OC)cc2)cc1. The van der Waals surface area contributed by atoms with E-state index >= 15 is 0 Å². The summed E-state index contributed by atoms with van der Waals surface area (Å²) in [7, 11) is 3.21. The van der Waals surface area contributed by atoms with E-state index in [-0.39, 0.29) is 44.6 Å². The van der Waals surface area contributed by atoms with Crippen molar-refractivity contribution in [2.45, 2.75) is 49.1 Å². The van der Waals surface area contributed by atoms with Crippen LogP contribution in [-0.4, -0.2) is 105 Å². The Morgan fingerprint density at radius 2 is 1.67 bits per heavy atom. The number of benzene rings is 3. The fourth-order valence-electron chi connectivity index (χ4n) is 6.41. The van der Waals surface area contributed by atoms with Gasteiger partial charge in [-0.15, -0.1) is 0 Å². The lowest BCUT2D eigenvalue weighted by Crippen LogP contribution is -2.59. The third-order valence-corrected chi connectivity index (χ3v) is 9.16. The number of carbonyl (C=O) groups is 1. The number of methoxy groups -OCH3 is 2. The fraction of sp³-hybridized carbons (Fsp3) is 0.378. The van der Waals surface area contributed by atoms with Gasteiger partial charge in [-0.05, 0) is 47.9 Å². The van der Waals surface area contributed by atoms with E-state index in [2.05, 4.69) is 15.0 Å². The number of nitriles is 1. The number of amidine groups is 1. The highest BCUT2D eigenvalue weighted by Crippen LogP contribution is 2.43. The smallest absolute Gasteiger partial charge is 0.214 e. The van der Waals surface area contributed by atoms with Crippen molar-refractivity contribution >= 4 is 23.7 Å². The van der Waals surface area contributed by atoms with Gasteiger partial charge >= 0.3 is 0 Å². The highest BCUT2D eigenvalue weighted by molar-refractivity contribution is 6.51. The van der Waals surface area contributed by atoms with Gasteiger partial charge in [0.1, 0.15) is 60.9 Å². The molecule has 1 unspecified atom stereocenters. The van der Waals surface area contributed by atoms with E-state index < -0.39 is 41.6 Å². The summed E-state index contributed by atoms with van der Waals surface area (Å²) < 4.78 is 36.1. The van der Waals surface area contributed by atoms with Gasteiger partial charge in [-0.2, -0.15) is 5.26 Å². The quantitative estimate of drug-likeness (QED) is 0.135. The zero-order chi connectivity index (χ0) is 36.0. The van der Waals surface area contributed by atoms with E-state index in [1.165, 1.54) is 13.3 Å². The highest BCUT2D eigenvalue weighted by atomic mass is 16.7. The van der Waals surface area contributed by atoms with E-state index in [1.807, 2.05) is 84.9 Å². The molecule has 14 heteroatoms. The Labute approximate surface area is 295 Å². The van der Waals surface area contributed by atoms with E-state index in [0.717, 1.165) is 16.7 Å². The Bertz CT molecular complexity index is 1760. The molecule has 6 rings (SSSR count). The molecular weight excluding hydrogens is 656 g/mol. The van der Waals surface area contributed by atoms with Crippen molar-refractivity contribution in [1.29, 1.82) is 5.26 Å². The van der Waals surface area contributed by atoms with Crippen LogP contribution in [0.1, 0.15) is 30.0 Å². The molecule has 1 fully saturated rings. The van der Waals surface area contributed by atoms with Crippen molar-refractivity contribution in [2.75, 3.05) is 40.9 Å². The maximum Gasteiger partial charge on any atom is 0.214 e. The number of rotatable bonds is 15. The lowest BCUT2D eigenvalue weighted by molar-refractivity contribution is -0.143. The molecule has 3 aliphatic rings. The minimum atomic E-state index is -1.70. The second kappa shape index (κ2) is 15.5. The monoisotopic (exact) mass is 696 g/mol. The molecule has 3 N–H and O–H groups in total. The van der Waals surface area contributed by atoms with Gasteiger partial charge in [0, 0.05) is 0 Å². The molecule has 51 heavy (non-hydrogen) atoms. The molecule has 0 radical (unpaired) electrons. The number of hydrogen-bond donors (Lipinski definition) is 2. The average molecular weight is 697 g/mol. The molecule has 0 aliphatic carbocycles. The summed E-state index contributed by atoms with van der Waals surface area (Å²) in [5.74, 6) is 1.24. The maximum absolute atomic E-state index is 12.5. The number of hydrogen-bond acceptors (Lipinski definition) is 14. The van der Waals surface area contributed by atoms with Gasteiger partial charge in [-0.25, -0.2) is 9.98 Å². The predicted molar refractivity (Wildman–Crippen MR) is 187 cm³/mol. The highest BCUT2D eigenvalue weighted by Gasteiger charge is 2.53. The number of fused-ring (bicyclic) bond motifs is 1. The molecule has 3 aliphatic heterocycles. The second-order valence-electron chi connectivity index (χ2n) is 12.1. The van der Waals surface area contributed by atoms with Crippen molar-refractivity contribution in [3.05, 3.63) is 95.6 Å². The molecule has 1 saturated heterocycles. The third kappa shape index (κ3) is 6.87. The Morgan fingerprint density at radius 3 is 2.25 bits per heavy atom. The molecular formula is C37H40N6O8. The standard InChI is InChI=1S/C37H40N6O8/c1-24(44)37(39)33-34(40-21-42-37)43(22-41-33)35-32(49-23-48-19-7-18-38)31(45)30(51-35)20-50-36(25-8-5-4-6-9-25,26-10-14-28(46-2)15-11-26)27-12-16-29(47-3)17-13-27/h4-6,8-17,21,30-32,35,45H,7,19-20,22-23,39H2,1-3H3/t30-,31-,32-,35-,37?/m1/s1. The molecule has 3 aromatic carbocycles.